The monoisotopic (exact) mass is 602 g/mol. The molecule has 0 N–H and O–H groups in total. The zero-order chi connectivity index (χ0) is 13.9. The van der Waals surface area contributed by atoms with Crippen LogP contribution in [0.15, 0.2) is 6.07 Å². The van der Waals surface area contributed by atoms with E-state index < -0.39 is 0 Å². The molecule has 0 aliphatic carbocycles. The number of halogens is 2. The summed E-state index contributed by atoms with van der Waals surface area (Å²) in [4.78, 5) is 0. The molecule has 19 heavy (non-hydrogen) atoms. The molecule has 0 fully saturated rings. The number of hydrogen-bond acceptors (Lipinski definition) is 0. The number of rotatable bonds is 11. The van der Waals surface area contributed by atoms with E-state index in [1.165, 1.54) is 70.6 Å². The first-order valence-electron chi connectivity index (χ1n) is 7.67. The Balaban J connectivity index is 1.90. The van der Waals surface area contributed by atoms with Crippen LogP contribution in [0.3, 0.4) is 0 Å². The molecule has 0 aromatic carbocycles. The summed E-state index contributed by atoms with van der Waals surface area (Å²) in [6.45, 7) is 2.29. The third-order valence-corrected chi connectivity index (χ3v) is 9.64. The summed E-state index contributed by atoms with van der Waals surface area (Å²) in [6.07, 6.45) is 15.8. The first-order valence-corrected chi connectivity index (χ1v) is 12.2. The van der Waals surface area contributed by atoms with Crippen molar-refractivity contribution in [2.45, 2.75) is 77.6 Å². The van der Waals surface area contributed by atoms with Gasteiger partial charge in [0.1, 0.15) is 0 Å². The van der Waals surface area contributed by atoms with E-state index in [9.17, 15) is 0 Å². The van der Waals surface area contributed by atoms with Crippen LogP contribution >= 0.6 is 45.2 Å². The van der Waals surface area contributed by atoms with Crippen LogP contribution in [0.2, 0.25) is 0 Å². The minimum absolute atomic E-state index is 0.0774. The van der Waals surface area contributed by atoms with Gasteiger partial charge >= 0.3 is 145 Å². The van der Waals surface area contributed by atoms with Crippen LogP contribution in [0.25, 0.3) is 0 Å². The van der Waals surface area contributed by atoms with Crippen molar-refractivity contribution in [1.29, 1.82) is 0 Å². The average Bonchev–Trinajstić information content (AvgIpc) is 2.70. The molecule has 110 valence electrons. The Morgan fingerprint density at radius 1 is 0.842 bits per heavy atom. The third kappa shape index (κ3) is 9.37. The second kappa shape index (κ2) is 12.3. The summed E-state index contributed by atoms with van der Waals surface area (Å²) >= 11 is 5.19. The summed E-state index contributed by atoms with van der Waals surface area (Å²) in [5.41, 5.74) is 1.67. The summed E-state index contributed by atoms with van der Waals surface area (Å²) in [5.74, 6) is 0. The van der Waals surface area contributed by atoms with E-state index in [0.29, 0.717) is 0 Å². The Bertz CT molecular complexity index is 333. The molecule has 3 heteroatoms. The first-order chi connectivity index (χ1) is 9.24. The van der Waals surface area contributed by atoms with Gasteiger partial charge in [0.15, 0.2) is 0 Å². The van der Waals surface area contributed by atoms with Crippen LogP contribution in [0.5, 0.6) is 0 Å². The predicted molar refractivity (Wildman–Crippen MR) is 104 cm³/mol. The molecule has 0 aliphatic heterocycles. The van der Waals surface area contributed by atoms with Crippen molar-refractivity contribution in [1.82, 2.24) is 0 Å². The van der Waals surface area contributed by atoms with Crippen LogP contribution in [0, 0.1) is 3.17 Å². The summed E-state index contributed by atoms with van der Waals surface area (Å²) in [7, 11) is 0. The molecular formula is C16H26I2Te. The van der Waals surface area contributed by atoms with Crippen molar-refractivity contribution in [3.63, 3.8) is 0 Å². The molecule has 1 rings (SSSR count). The molecule has 0 atom stereocenters. The average molecular weight is 600 g/mol. The molecule has 0 spiro atoms. The Morgan fingerprint density at radius 3 is 1.84 bits per heavy atom. The fourth-order valence-corrected chi connectivity index (χ4v) is 10.9. The van der Waals surface area contributed by atoms with Gasteiger partial charge in [-0.15, -0.1) is 0 Å². The van der Waals surface area contributed by atoms with E-state index in [1.54, 1.807) is 8.74 Å². The van der Waals surface area contributed by atoms with Crippen molar-refractivity contribution in [2.75, 3.05) is 0 Å². The second-order valence-corrected chi connectivity index (χ2v) is 15.1. The molecule has 0 radical (unpaired) electrons. The number of unbranched alkanes of at least 4 members (excludes halogenated alkanes) is 9. The predicted octanol–water partition coefficient (Wildman–Crippen LogP) is 6.42. The first kappa shape index (κ1) is 18.8. The van der Waals surface area contributed by atoms with E-state index >= 15 is 0 Å². The van der Waals surface area contributed by atoms with Gasteiger partial charge in [-0.25, -0.2) is 0 Å². The maximum atomic E-state index is 2.58. The molecule has 0 amide bonds. The quantitative estimate of drug-likeness (QED) is 0.157. The molecular weight excluding hydrogens is 574 g/mol. The van der Waals surface area contributed by atoms with Gasteiger partial charge in [0.2, 0.25) is 0 Å². The van der Waals surface area contributed by atoms with E-state index in [4.69, 9.17) is 0 Å². The standard InChI is InChI=1S/C16H26I2Te/c1-2-3-4-5-6-7-8-9-10-11-12-14-13-15(17)19-16(14)18/h13H,2-12H2,1H3. The van der Waals surface area contributed by atoms with Gasteiger partial charge in [0, 0.05) is 0 Å². The van der Waals surface area contributed by atoms with E-state index in [2.05, 4.69) is 58.2 Å². The fraction of sp³-hybridized carbons (Fsp3) is 0.750. The Labute approximate surface area is 156 Å². The van der Waals surface area contributed by atoms with Crippen LogP contribution in [0.1, 0.15) is 76.7 Å². The van der Waals surface area contributed by atoms with Crippen LogP contribution in [0.4, 0.5) is 0 Å². The minimum atomic E-state index is 0.0774. The zero-order valence-corrected chi connectivity index (χ0v) is 18.7. The number of aryl methyl sites for hydroxylation is 1. The van der Waals surface area contributed by atoms with Gasteiger partial charge in [-0.2, -0.15) is 0 Å². The molecule has 1 aromatic rings. The molecule has 0 aliphatic rings. The van der Waals surface area contributed by atoms with Gasteiger partial charge in [0.05, 0.1) is 0 Å². The van der Waals surface area contributed by atoms with E-state index in [0.717, 1.165) is 0 Å². The van der Waals surface area contributed by atoms with E-state index in [-0.39, 0.29) is 20.4 Å². The Morgan fingerprint density at radius 2 is 1.37 bits per heavy atom. The van der Waals surface area contributed by atoms with Crippen LogP contribution in [-0.4, -0.2) is 20.4 Å². The van der Waals surface area contributed by atoms with Crippen LogP contribution < -0.4 is 0 Å². The van der Waals surface area contributed by atoms with Crippen molar-refractivity contribution >= 4 is 65.6 Å². The fourth-order valence-electron chi connectivity index (χ4n) is 2.35. The molecule has 0 saturated carbocycles. The second-order valence-electron chi connectivity index (χ2n) is 5.28. The summed E-state index contributed by atoms with van der Waals surface area (Å²) in [6, 6.07) is 2.46. The summed E-state index contributed by atoms with van der Waals surface area (Å²) < 4.78 is 3.36. The maximum absolute atomic E-state index is 2.58. The van der Waals surface area contributed by atoms with E-state index in [1.807, 2.05) is 0 Å². The number of hydrogen-bond donors (Lipinski definition) is 0. The zero-order valence-electron chi connectivity index (χ0n) is 12.0. The van der Waals surface area contributed by atoms with Crippen molar-refractivity contribution in [2.24, 2.45) is 0 Å². The summed E-state index contributed by atoms with van der Waals surface area (Å²) in [5, 5.41) is 0. The van der Waals surface area contributed by atoms with Crippen LogP contribution in [-0.2, 0) is 6.42 Å². The van der Waals surface area contributed by atoms with Gasteiger partial charge in [0.25, 0.3) is 0 Å². The van der Waals surface area contributed by atoms with Crippen molar-refractivity contribution < 1.29 is 0 Å². The van der Waals surface area contributed by atoms with Crippen molar-refractivity contribution in [3.05, 3.63) is 14.8 Å². The third-order valence-electron chi connectivity index (χ3n) is 3.53. The Hall–Kier alpha value is 1.73. The topological polar surface area (TPSA) is 0 Å². The SMILES string of the molecule is CCCCCCCCCCCCc1cc(I)[te]c1I. The van der Waals surface area contributed by atoms with Gasteiger partial charge < -0.3 is 0 Å². The van der Waals surface area contributed by atoms with Gasteiger partial charge in [-0.1, -0.05) is 13.3 Å². The molecule has 1 heterocycles. The normalized spacial score (nSPS) is 11.1. The molecule has 0 unspecified atom stereocenters. The molecule has 0 bridgehead atoms. The van der Waals surface area contributed by atoms with Gasteiger partial charge in [-0.3, -0.25) is 0 Å². The molecule has 0 saturated heterocycles. The Kier molecular flexibility index (Phi) is 12.1. The van der Waals surface area contributed by atoms with Crippen molar-refractivity contribution in [3.8, 4) is 0 Å². The van der Waals surface area contributed by atoms with Gasteiger partial charge in [-0.05, 0) is 0 Å². The molecule has 1 aromatic heterocycles. The molecule has 0 nitrogen and oxygen atoms in total.